The first-order valence-electron chi connectivity index (χ1n) is 11.4. The number of hydrogen-bond donors (Lipinski definition) is 3. The molecule has 1 aromatic heterocycles. The summed E-state index contributed by atoms with van der Waals surface area (Å²) in [6, 6.07) is 18.1. The number of anilines is 2. The number of hydrogen-bond acceptors (Lipinski definition) is 5. The number of carbonyl (C=O) groups excluding carboxylic acids is 4. The fourth-order valence-corrected chi connectivity index (χ4v) is 4.21. The summed E-state index contributed by atoms with van der Waals surface area (Å²) < 4.78 is 0. The van der Waals surface area contributed by atoms with Gasteiger partial charge in [-0.25, -0.2) is 0 Å². The molecule has 3 N–H and O–H groups in total. The third-order valence-corrected chi connectivity index (χ3v) is 5.87. The molecule has 36 heavy (non-hydrogen) atoms. The summed E-state index contributed by atoms with van der Waals surface area (Å²) in [5, 5.41) is 10.1. The second kappa shape index (κ2) is 11.6. The molecule has 8 nitrogen and oxygen atoms in total. The van der Waals surface area contributed by atoms with Gasteiger partial charge in [0.25, 0.3) is 5.91 Å². The van der Waals surface area contributed by atoms with Crippen molar-refractivity contribution in [3.8, 4) is 0 Å². The van der Waals surface area contributed by atoms with Crippen LogP contribution in [-0.4, -0.2) is 35.7 Å². The first-order chi connectivity index (χ1) is 17.0. The quantitative estimate of drug-likeness (QED) is 0.427. The third kappa shape index (κ3) is 7.26. The standard InChI is InChI=1S/C27H30N4O4S/c1-18(32)29-20-12-14-21(15-13-20)31(23(33)17-28-25(34)22-11-8-16-36-22)24(19-9-6-5-7-10-19)26(35)30-27(2,3)4/h5-16,24H,17H2,1-4H3,(H,28,34)(H,29,32)(H,30,35)/t24-/m0/s1. The zero-order valence-corrected chi connectivity index (χ0v) is 21.5. The minimum atomic E-state index is -0.997. The van der Waals surface area contributed by atoms with E-state index in [1.165, 1.54) is 23.2 Å². The van der Waals surface area contributed by atoms with Crippen LogP contribution in [0.15, 0.2) is 72.1 Å². The lowest BCUT2D eigenvalue weighted by atomic mass is 10.0. The van der Waals surface area contributed by atoms with Crippen molar-refractivity contribution in [1.82, 2.24) is 10.6 Å². The molecule has 9 heteroatoms. The highest BCUT2D eigenvalue weighted by atomic mass is 32.1. The molecule has 3 aromatic rings. The van der Waals surface area contributed by atoms with Crippen molar-refractivity contribution in [2.45, 2.75) is 39.3 Å². The Hall–Kier alpha value is -3.98. The van der Waals surface area contributed by atoms with E-state index in [0.717, 1.165) is 0 Å². The summed E-state index contributed by atoms with van der Waals surface area (Å²) in [6.07, 6.45) is 0. The summed E-state index contributed by atoms with van der Waals surface area (Å²) in [5.41, 5.74) is 1.07. The molecule has 0 saturated heterocycles. The van der Waals surface area contributed by atoms with Crippen LogP contribution < -0.4 is 20.9 Å². The van der Waals surface area contributed by atoms with Gasteiger partial charge in [0.15, 0.2) is 0 Å². The Kier molecular flexibility index (Phi) is 8.60. The van der Waals surface area contributed by atoms with Crippen LogP contribution in [0.5, 0.6) is 0 Å². The maximum atomic E-state index is 13.6. The summed E-state index contributed by atoms with van der Waals surface area (Å²) in [6.45, 7) is 6.69. The van der Waals surface area contributed by atoms with Gasteiger partial charge >= 0.3 is 0 Å². The minimum absolute atomic E-state index is 0.223. The molecule has 3 rings (SSSR count). The van der Waals surface area contributed by atoms with E-state index in [9.17, 15) is 19.2 Å². The molecule has 0 radical (unpaired) electrons. The molecule has 0 unspecified atom stereocenters. The molecule has 0 aliphatic rings. The first-order valence-corrected chi connectivity index (χ1v) is 12.3. The molecular weight excluding hydrogens is 476 g/mol. The van der Waals surface area contributed by atoms with Crippen LogP contribution in [0.1, 0.15) is 49.0 Å². The van der Waals surface area contributed by atoms with Crippen LogP contribution in [0.25, 0.3) is 0 Å². The van der Waals surface area contributed by atoms with Gasteiger partial charge in [-0.15, -0.1) is 11.3 Å². The number of carbonyl (C=O) groups is 4. The van der Waals surface area contributed by atoms with Crippen molar-refractivity contribution in [2.24, 2.45) is 0 Å². The van der Waals surface area contributed by atoms with Crippen molar-refractivity contribution in [3.63, 3.8) is 0 Å². The normalized spacial score (nSPS) is 11.8. The van der Waals surface area contributed by atoms with E-state index in [1.807, 2.05) is 26.8 Å². The monoisotopic (exact) mass is 506 g/mol. The number of amides is 4. The van der Waals surface area contributed by atoms with Crippen LogP contribution in [-0.2, 0) is 14.4 Å². The van der Waals surface area contributed by atoms with Gasteiger partial charge in [-0.05, 0) is 62.0 Å². The van der Waals surface area contributed by atoms with Crippen molar-refractivity contribution in [3.05, 3.63) is 82.6 Å². The third-order valence-electron chi connectivity index (χ3n) is 5.00. The zero-order valence-electron chi connectivity index (χ0n) is 20.7. The molecular formula is C27H30N4O4S. The predicted molar refractivity (Wildman–Crippen MR) is 142 cm³/mol. The second-order valence-corrected chi connectivity index (χ2v) is 10.2. The lowest BCUT2D eigenvalue weighted by molar-refractivity contribution is -0.127. The van der Waals surface area contributed by atoms with Crippen LogP contribution in [0.4, 0.5) is 11.4 Å². The Morgan fingerprint density at radius 3 is 2.14 bits per heavy atom. The van der Waals surface area contributed by atoms with Gasteiger partial charge < -0.3 is 16.0 Å². The molecule has 0 aliphatic carbocycles. The number of thiophene rings is 1. The van der Waals surface area contributed by atoms with Gasteiger partial charge in [0, 0.05) is 23.8 Å². The average Bonchev–Trinajstić information content (AvgIpc) is 3.35. The van der Waals surface area contributed by atoms with E-state index in [-0.39, 0.29) is 24.3 Å². The van der Waals surface area contributed by atoms with Gasteiger partial charge in [-0.1, -0.05) is 36.4 Å². The summed E-state index contributed by atoms with van der Waals surface area (Å²) in [7, 11) is 0. The van der Waals surface area contributed by atoms with E-state index in [1.54, 1.807) is 66.0 Å². The molecule has 0 spiro atoms. The predicted octanol–water partition coefficient (Wildman–Crippen LogP) is 4.13. The lowest BCUT2D eigenvalue weighted by Gasteiger charge is -2.34. The highest BCUT2D eigenvalue weighted by molar-refractivity contribution is 7.12. The van der Waals surface area contributed by atoms with Gasteiger partial charge in [0.1, 0.15) is 6.04 Å². The average molecular weight is 507 g/mol. The molecule has 0 fully saturated rings. The van der Waals surface area contributed by atoms with E-state index in [0.29, 0.717) is 21.8 Å². The van der Waals surface area contributed by atoms with Crippen LogP contribution in [0, 0.1) is 0 Å². The number of benzene rings is 2. The molecule has 0 saturated carbocycles. The Balaban J connectivity index is 2.00. The van der Waals surface area contributed by atoms with Crippen LogP contribution in [0.2, 0.25) is 0 Å². The van der Waals surface area contributed by atoms with Gasteiger partial charge in [0.2, 0.25) is 17.7 Å². The zero-order chi connectivity index (χ0) is 26.3. The smallest absolute Gasteiger partial charge is 0.261 e. The number of nitrogens with zero attached hydrogens (tertiary/aromatic N) is 1. The molecule has 0 aliphatic heterocycles. The SMILES string of the molecule is CC(=O)Nc1ccc(N(C(=O)CNC(=O)c2cccs2)[C@H](C(=O)NC(C)(C)C)c2ccccc2)cc1. The summed E-state index contributed by atoms with van der Waals surface area (Å²) >= 11 is 1.27. The fraction of sp³-hybridized carbons (Fsp3) is 0.259. The van der Waals surface area contributed by atoms with Crippen molar-refractivity contribution < 1.29 is 19.2 Å². The van der Waals surface area contributed by atoms with Crippen LogP contribution >= 0.6 is 11.3 Å². The number of rotatable bonds is 8. The van der Waals surface area contributed by atoms with Gasteiger partial charge in [-0.2, -0.15) is 0 Å². The van der Waals surface area contributed by atoms with Gasteiger partial charge in [-0.3, -0.25) is 24.1 Å². The van der Waals surface area contributed by atoms with Crippen molar-refractivity contribution in [1.29, 1.82) is 0 Å². The largest absolute Gasteiger partial charge is 0.349 e. The van der Waals surface area contributed by atoms with E-state index in [2.05, 4.69) is 16.0 Å². The molecule has 0 bridgehead atoms. The van der Waals surface area contributed by atoms with Gasteiger partial charge in [0.05, 0.1) is 11.4 Å². The molecule has 2 aromatic carbocycles. The summed E-state index contributed by atoms with van der Waals surface area (Å²) in [5.74, 6) is -1.42. The lowest BCUT2D eigenvalue weighted by Crippen LogP contribution is -2.51. The maximum Gasteiger partial charge on any atom is 0.261 e. The fourth-order valence-electron chi connectivity index (χ4n) is 3.57. The van der Waals surface area contributed by atoms with E-state index in [4.69, 9.17) is 0 Å². The Bertz CT molecular complexity index is 1200. The summed E-state index contributed by atoms with van der Waals surface area (Å²) in [4.78, 5) is 53.0. The molecule has 188 valence electrons. The molecule has 4 amide bonds. The Morgan fingerprint density at radius 1 is 0.917 bits per heavy atom. The van der Waals surface area contributed by atoms with Crippen LogP contribution in [0.3, 0.4) is 0 Å². The van der Waals surface area contributed by atoms with Crippen molar-refractivity contribution >= 4 is 46.3 Å². The Morgan fingerprint density at radius 2 is 1.58 bits per heavy atom. The topological polar surface area (TPSA) is 108 Å². The molecule has 1 heterocycles. The highest BCUT2D eigenvalue weighted by Crippen LogP contribution is 2.29. The van der Waals surface area contributed by atoms with E-state index >= 15 is 0 Å². The first kappa shape index (κ1) is 26.6. The minimum Gasteiger partial charge on any atom is -0.349 e. The Labute approximate surface area is 214 Å². The second-order valence-electron chi connectivity index (χ2n) is 9.20. The number of nitrogens with one attached hydrogen (secondary N) is 3. The molecule has 1 atom stereocenters. The van der Waals surface area contributed by atoms with Crippen molar-refractivity contribution in [2.75, 3.05) is 16.8 Å². The maximum absolute atomic E-state index is 13.6. The van der Waals surface area contributed by atoms with E-state index < -0.39 is 17.5 Å². The highest BCUT2D eigenvalue weighted by Gasteiger charge is 2.34.